The lowest BCUT2D eigenvalue weighted by Gasteiger charge is -2.42. The number of para-hydroxylation sites is 1. The van der Waals surface area contributed by atoms with Gasteiger partial charge in [-0.05, 0) is 12.1 Å². The van der Waals surface area contributed by atoms with Crippen molar-refractivity contribution in [2.45, 2.75) is 47.0 Å². The molecule has 0 atom stereocenters. The maximum atomic E-state index is 13.8. The highest BCUT2D eigenvalue weighted by atomic mass is 32.2. The molecule has 0 heterocycles. The molecule has 0 radical (unpaired) electrons. The fraction of sp³-hybridized carbons (Fsp3) is 0.571. The van der Waals surface area contributed by atoms with Gasteiger partial charge >= 0.3 is 57.0 Å². The van der Waals surface area contributed by atoms with Gasteiger partial charge in [0.15, 0.2) is 0 Å². The maximum absolute atomic E-state index is 13.8. The van der Waals surface area contributed by atoms with Gasteiger partial charge in [-0.1, -0.05) is 18.2 Å². The standard InChI is InChI=1S/C14H6F17NO2S/c15-7(16,9(19,20)11(23,24)13(27,28)29)8(17,18)10(21,22)12(25,26)14(30,31)35(33,34)32-6-4-2-1-3-5-6/h1-5,32H. The number of alkyl halides is 17. The Labute approximate surface area is 181 Å². The SMILES string of the molecule is O=S(=O)(Nc1ccccc1)C(F)(F)C(F)(F)C(F)(F)C(F)(F)C(F)(F)C(F)(F)C(F)(F)C(F)(F)F. The Kier molecular flexibility index (Phi) is 7.17. The lowest BCUT2D eigenvalue weighted by Crippen LogP contribution is -2.75. The molecule has 3 nitrogen and oxygen atoms in total. The fourth-order valence-corrected chi connectivity index (χ4v) is 3.08. The van der Waals surface area contributed by atoms with Gasteiger partial charge in [0.2, 0.25) is 0 Å². The molecule has 0 aliphatic carbocycles. The van der Waals surface area contributed by atoms with E-state index in [9.17, 15) is 83.1 Å². The van der Waals surface area contributed by atoms with Crippen molar-refractivity contribution in [2.24, 2.45) is 0 Å². The van der Waals surface area contributed by atoms with Crippen LogP contribution in [0.3, 0.4) is 0 Å². The van der Waals surface area contributed by atoms with Crippen LogP contribution >= 0.6 is 0 Å². The first-order valence-electron chi connectivity index (χ1n) is 7.86. The number of nitrogens with one attached hydrogen (secondary N) is 1. The van der Waals surface area contributed by atoms with Crippen molar-refractivity contribution in [3.8, 4) is 0 Å². The van der Waals surface area contributed by atoms with Crippen LogP contribution in [-0.2, 0) is 10.0 Å². The van der Waals surface area contributed by atoms with Gasteiger partial charge in [-0.15, -0.1) is 0 Å². The number of sulfonamides is 1. The smallest absolute Gasteiger partial charge is 0.278 e. The molecule has 0 fully saturated rings. The Balaban J connectivity index is 3.69. The van der Waals surface area contributed by atoms with Crippen molar-refractivity contribution in [1.29, 1.82) is 0 Å². The molecule has 1 aromatic rings. The van der Waals surface area contributed by atoms with E-state index in [4.69, 9.17) is 0 Å². The Morgan fingerprint density at radius 2 is 0.800 bits per heavy atom. The van der Waals surface area contributed by atoms with Gasteiger partial charge in [0.1, 0.15) is 0 Å². The molecule has 0 spiro atoms. The van der Waals surface area contributed by atoms with Crippen molar-refractivity contribution < 1.29 is 83.1 Å². The van der Waals surface area contributed by atoms with E-state index in [0.29, 0.717) is 16.9 Å². The van der Waals surface area contributed by atoms with Crippen LogP contribution in [-0.4, -0.2) is 55.4 Å². The number of hydrogen-bond donors (Lipinski definition) is 1. The Bertz CT molecular complexity index is 1020. The van der Waals surface area contributed by atoms with Gasteiger partial charge in [-0.25, -0.2) is 0 Å². The van der Waals surface area contributed by atoms with E-state index in [0.717, 1.165) is 18.2 Å². The normalized spacial score (nSPS) is 15.8. The minimum atomic E-state index is -8.85. The molecule has 1 N–H and O–H groups in total. The molecular formula is C14H6F17NO2S. The van der Waals surface area contributed by atoms with Gasteiger partial charge in [0, 0.05) is 5.69 Å². The number of anilines is 1. The molecule has 1 aromatic carbocycles. The zero-order chi connectivity index (χ0) is 28.3. The Hall–Kier alpha value is -2.22. The van der Waals surface area contributed by atoms with E-state index < -0.39 is 62.7 Å². The van der Waals surface area contributed by atoms with Crippen molar-refractivity contribution in [2.75, 3.05) is 4.72 Å². The van der Waals surface area contributed by atoms with Gasteiger partial charge in [-0.2, -0.15) is 83.1 Å². The highest BCUT2D eigenvalue weighted by Gasteiger charge is 2.96. The molecule has 0 aliphatic rings. The number of hydrogen-bond acceptors (Lipinski definition) is 2. The fourth-order valence-electron chi connectivity index (χ4n) is 2.04. The van der Waals surface area contributed by atoms with Crippen molar-refractivity contribution in [3.05, 3.63) is 30.3 Å². The average Bonchev–Trinajstić information content (AvgIpc) is 2.66. The van der Waals surface area contributed by atoms with E-state index in [1.54, 1.807) is 0 Å². The second-order valence-electron chi connectivity index (χ2n) is 6.43. The van der Waals surface area contributed by atoms with E-state index in [1.165, 1.54) is 0 Å². The third kappa shape index (κ3) is 4.11. The molecule has 0 amide bonds. The summed E-state index contributed by atoms with van der Waals surface area (Å²) in [5.41, 5.74) is -1.14. The lowest BCUT2D eigenvalue weighted by molar-refractivity contribution is -0.458. The van der Waals surface area contributed by atoms with Crippen molar-refractivity contribution in [1.82, 2.24) is 0 Å². The van der Waals surface area contributed by atoms with E-state index in [1.807, 2.05) is 0 Å². The number of halogens is 17. The van der Waals surface area contributed by atoms with E-state index in [2.05, 4.69) is 0 Å². The average molecular weight is 575 g/mol. The van der Waals surface area contributed by atoms with Gasteiger partial charge in [0.05, 0.1) is 0 Å². The lowest BCUT2D eigenvalue weighted by atomic mass is 9.91. The summed E-state index contributed by atoms with van der Waals surface area (Å²) in [5, 5.41) is -7.60. The zero-order valence-corrected chi connectivity index (χ0v) is 16.4. The molecule has 0 unspecified atom stereocenters. The molecule has 35 heavy (non-hydrogen) atoms. The molecule has 0 aliphatic heterocycles. The summed E-state index contributed by atoms with van der Waals surface area (Å²) in [6.45, 7) is 0. The second-order valence-corrected chi connectivity index (χ2v) is 8.16. The molecular weight excluding hydrogens is 569 g/mol. The summed E-state index contributed by atoms with van der Waals surface area (Å²) >= 11 is 0. The molecule has 0 saturated heterocycles. The Morgan fingerprint density at radius 3 is 1.14 bits per heavy atom. The summed E-state index contributed by atoms with van der Waals surface area (Å²) in [6, 6.07) is 3.61. The van der Waals surface area contributed by atoms with Crippen LogP contribution in [0.25, 0.3) is 0 Å². The highest BCUT2D eigenvalue weighted by molar-refractivity contribution is 7.93. The summed E-state index contributed by atoms with van der Waals surface area (Å²) in [5.74, 6) is -51.7. The van der Waals surface area contributed by atoms with Crippen LogP contribution in [0.15, 0.2) is 30.3 Å². The third-order valence-electron chi connectivity index (χ3n) is 4.06. The predicted octanol–water partition coefficient (Wildman–Crippen LogP) is 6.40. The van der Waals surface area contributed by atoms with Gasteiger partial charge in [0.25, 0.3) is 0 Å². The maximum Gasteiger partial charge on any atom is 0.460 e. The minimum absolute atomic E-state index is 0.461. The summed E-state index contributed by atoms with van der Waals surface area (Å²) < 4.78 is 247. The largest absolute Gasteiger partial charge is 0.460 e. The first-order valence-corrected chi connectivity index (χ1v) is 9.35. The molecule has 204 valence electrons. The first kappa shape index (κ1) is 30.8. The van der Waals surface area contributed by atoms with Gasteiger partial charge < -0.3 is 0 Å². The van der Waals surface area contributed by atoms with Crippen molar-refractivity contribution >= 4 is 15.7 Å². The van der Waals surface area contributed by atoms with Gasteiger partial charge in [-0.3, -0.25) is 4.72 Å². The van der Waals surface area contributed by atoms with E-state index in [-0.39, 0.29) is 0 Å². The summed E-state index contributed by atoms with van der Waals surface area (Å²) in [6.07, 6.45) is -7.87. The van der Waals surface area contributed by atoms with Crippen LogP contribution in [0.1, 0.15) is 0 Å². The molecule has 21 heteroatoms. The summed E-state index contributed by atoms with van der Waals surface area (Å²) in [4.78, 5) is 0. The molecule has 0 saturated carbocycles. The predicted molar refractivity (Wildman–Crippen MR) is 79.7 cm³/mol. The number of rotatable bonds is 9. The monoisotopic (exact) mass is 575 g/mol. The van der Waals surface area contributed by atoms with Crippen LogP contribution < -0.4 is 4.72 Å². The highest BCUT2D eigenvalue weighted by Crippen LogP contribution is 2.64. The first-order chi connectivity index (χ1) is 15.1. The summed E-state index contributed by atoms with van der Waals surface area (Å²) in [7, 11) is -7.35. The molecule has 0 bridgehead atoms. The third-order valence-corrected chi connectivity index (χ3v) is 5.49. The number of benzene rings is 1. The van der Waals surface area contributed by atoms with E-state index >= 15 is 0 Å². The quantitative estimate of drug-likeness (QED) is 0.347. The van der Waals surface area contributed by atoms with Crippen LogP contribution in [0.5, 0.6) is 0 Å². The molecule has 0 aromatic heterocycles. The topological polar surface area (TPSA) is 46.2 Å². The Morgan fingerprint density at radius 1 is 0.486 bits per heavy atom. The minimum Gasteiger partial charge on any atom is -0.278 e. The second kappa shape index (κ2) is 8.15. The van der Waals surface area contributed by atoms with Crippen LogP contribution in [0, 0.1) is 0 Å². The van der Waals surface area contributed by atoms with Crippen LogP contribution in [0.4, 0.5) is 80.3 Å². The van der Waals surface area contributed by atoms with Crippen molar-refractivity contribution in [3.63, 3.8) is 0 Å². The zero-order valence-electron chi connectivity index (χ0n) is 15.5. The van der Waals surface area contributed by atoms with Crippen LogP contribution in [0.2, 0.25) is 0 Å². The molecule has 1 rings (SSSR count).